The number of rotatable bonds is 2. The molecule has 4 heteroatoms. The van der Waals surface area contributed by atoms with Crippen LogP contribution in [0, 0.1) is 0 Å². The van der Waals surface area contributed by atoms with Gasteiger partial charge in [0.25, 0.3) is 0 Å². The standard InChI is InChI=1S/C12H20N4/c1-13-9-5-10-3-4-11(6-9)16(10)12-7-14-15(2)8-12/h7-11,13H,3-6H2,1-2H3. The second kappa shape index (κ2) is 3.77. The van der Waals surface area contributed by atoms with Gasteiger partial charge in [-0.15, -0.1) is 0 Å². The second-order valence-corrected chi connectivity index (χ2v) is 5.12. The SMILES string of the molecule is CNC1CC2CCC(C1)N2c1cnn(C)c1. The summed E-state index contributed by atoms with van der Waals surface area (Å²) >= 11 is 0. The maximum absolute atomic E-state index is 4.29. The highest BCUT2D eigenvalue weighted by Crippen LogP contribution is 2.38. The number of hydrogen-bond acceptors (Lipinski definition) is 3. The predicted octanol–water partition coefficient (Wildman–Crippen LogP) is 1.14. The third-order valence-electron chi connectivity index (χ3n) is 4.13. The number of aromatic nitrogens is 2. The number of fused-ring (bicyclic) bond motifs is 2. The Bertz CT molecular complexity index is 359. The summed E-state index contributed by atoms with van der Waals surface area (Å²) in [5.74, 6) is 0. The van der Waals surface area contributed by atoms with E-state index in [4.69, 9.17) is 0 Å². The molecular weight excluding hydrogens is 200 g/mol. The van der Waals surface area contributed by atoms with E-state index in [1.54, 1.807) is 0 Å². The number of nitrogens with one attached hydrogen (secondary N) is 1. The molecule has 0 spiro atoms. The molecule has 0 aliphatic carbocycles. The quantitative estimate of drug-likeness (QED) is 0.811. The molecule has 1 aromatic heterocycles. The van der Waals surface area contributed by atoms with E-state index >= 15 is 0 Å². The molecule has 2 fully saturated rings. The van der Waals surface area contributed by atoms with Crippen LogP contribution < -0.4 is 10.2 Å². The first-order chi connectivity index (χ1) is 7.78. The molecule has 88 valence electrons. The molecule has 0 saturated carbocycles. The summed E-state index contributed by atoms with van der Waals surface area (Å²) in [5.41, 5.74) is 1.31. The highest BCUT2D eigenvalue weighted by atomic mass is 15.3. The Hall–Kier alpha value is -1.03. The summed E-state index contributed by atoms with van der Waals surface area (Å²) in [6.07, 6.45) is 9.40. The van der Waals surface area contributed by atoms with Crippen molar-refractivity contribution in [2.24, 2.45) is 7.05 Å². The molecule has 2 aliphatic rings. The monoisotopic (exact) mass is 220 g/mol. The smallest absolute Gasteiger partial charge is 0.0757 e. The van der Waals surface area contributed by atoms with Crippen LogP contribution in [0.1, 0.15) is 25.7 Å². The Kier molecular flexibility index (Phi) is 2.39. The van der Waals surface area contributed by atoms with E-state index in [1.165, 1.54) is 31.4 Å². The summed E-state index contributed by atoms with van der Waals surface area (Å²) < 4.78 is 1.90. The van der Waals surface area contributed by atoms with E-state index in [0.29, 0.717) is 6.04 Å². The van der Waals surface area contributed by atoms with Crippen LogP contribution in [0.4, 0.5) is 5.69 Å². The van der Waals surface area contributed by atoms with Gasteiger partial charge in [0, 0.05) is 31.4 Å². The van der Waals surface area contributed by atoms with Crippen LogP contribution in [0.25, 0.3) is 0 Å². The molecule has 1 N–H and O–H groups in total. The molecule has 2 unspecified atom stereocenters. The molecule has 4 nitrogen and oxygen atoms in total. The molecule has 1 aromatic rings. The van der Waals surface area contributed by atoms with Crippen LogP contribution in [0.2, 0.25) is 0 Å². The fourth-order valence-corrected chi connectivity index (χ4v) is 3.38. The van der Waals surface area contributed by atoms with E-state index in [1.807, 2.05) is 17.9 Å². The minimum atomic E-state index is 0.713. The number of nitrogens with zero attached hydrogens (tertiary/aromatic N) is 3. The fraction of sp³-hybridized carbons (Fsp3) is 0.750. The van der Waals surface area contributed by atoms with Crippen molar-refractivity contribution in [1.82, 2.24) is 15.1 Å². The lowest BCUT2D eigenvalue weighted by Crippen LogP contribution is -2.48. The molecule has 2 bridgehead atoms. The fourth-order valence-electron chi connectivity index (χ4n) is 3.38. The Labute approximate surface area is 96.6 Å². The van der Waals surface area contributed by atoms with Gasteiger partial charge in [0.2, 0.25) is 0 Å². The summed E-state index contributed by atoms with van der Waals surface area (Å²) in [4.78, 5) is 2.60. The van der Waals surface area contributed by atoms with Crippen LogP contribution in [0.15, 0.2) is 12.4 Å². The lowest BCUT2D eigenvalue weighted by Gasteiger charge is -2.39. The van der Waals surface area contributed by atoms with Gasteiger partial charge in [-0.1, -0.05) is 0 Å². The van der Waals surface area contributed by atoms with E-state index in [-0.39, 0.29) is 0 Å². The van der Waals surface area contributed by atoms with Gasteiger partial charge >= 0.3 is 0 Å². The summed E-state index contributed by atoms with van der Waals surface area (Å²) in [6, 6.07) is 2.16. The molecule has 2 saturated heterocycles. The number of hydrogen-bond donors (Lipinski definition) is 1. The average molecular weight is 220 g/mol. The zero-order valence-electron chi connectivity index (χ0n) is 10.1. The molecule has 16 heavy (non-hydrogen) atoms. The van der Waals surface area contributed by atoms with Crippen molar-refractivity contribution in [3.05, 3.63) is 12.4 Å². The zero-order valence-corrected chi connectivity index (χ0v) is 10.1. The van der Waals surface area contributed by atoms with Crippen molar-refractivity contribution in [1.29, 1.82) is 0 Å². The maximum atomic E-state index is 4.29. The van der Waals surface area contributed by atoms with Gasteiger partial charge in [-0.3, -0.25) is 4.68 Å². The molecule has 2 aliphatic heterocycles. The normalized spacial score (nSPS) is 33.4. The Morgan fingerprint density at radius 1 is 1.31 bits per heavy atom. The lowest BCUT2D eigenvalue weighted by molar-refractivity contribution is 0.374. The van der Waals surface area contributed by atoms with Gasteiger partial charge in [-0.2, -0.15) is 5.10 Å². The van der Waals surface area contributed by atoms with Gasteiger partial charge in [0.1, 0.15) is 0 Å². The predicted molar refractivity (Wildman–Crippen MR) is 64.6 cm³/mol. The maximum Gasteiger partial charge on any atom is 0.0757 e. The molecular formula is C12H20N4. The van der Waals surface area contributed by atoms with Gasteiger partial charge in [-0.05, 0) is 32.7 Å². The van der Waals surface area contributed by atoms with Gasteiger partial charge in [0.15, 0.2) is 0 Å². The van der Waals surface area contributed by atoms with Gasteiger partial charge in [0.05, 0.1) is 11.9 Å². The first-order valence-corrected chi connectivity index (χ1v) is 6.22. The summed E-state index contributed by atoms with van der Waals surface area (Å²) in [7, 11) is 4.08. The van der Waals surface area contributed by atoms with E-state index < -0.39 is 0 Å². The highest BCUT2D eigenvalue weighted by Gasteiger charge is 2.40. The van der Waals surface area contributed by atoms with Crippen molar-refractivity contribution in [2.75, 3.05) is 11.9 Å². The Balaban J connectivity index is 1.83. The topological polar surface area (TPSA) is 33.1 Å². The van der Waals surface area contributed by atoms with Gasteiger partial charge in [-0.25, -0.2) is 0 Å². The van der Waals surface area contributed by atoms with Crippen LogP contribution >= 0.6 is 0 Å². The number of anilines is 1. The summed E-state index contributed by atoms with van der Waals surface area (Å²) in [6.45, 7) is 0. The minimum Gasteiger partial charge on any atom is -0.363 e. The van der Waals surface area contributed by atoms with Crippen LogP contribution in [0.3, 0.4) is 0 Å². The lowest BCUT2D eigenvalue weighted by atomic mass is 9.97. The molecule has 0 aromatic carbocycles. The highest BCUT2D eigenvalue weighted by molar-refractivity contribution is 5.47. The molecule has 3 rings (SSSR count). The van der Waals surface area contributed by atoms with Crippen molar-refractivity contribution in [2.45, 2.75) is 43.8 Å². The van der Waals surface area contributed by atoms with Crippen molar-refractivity contribution in [3.63, 3.8) is 0 Å². The first-order valence-electron chi connectivity index (χ1n) is 6.22. The van der Waals surface area contributed by atoms with E-state index in [2.05, 4.69) is 28.6 Å². The number of piperidine rings is 1. The minimum absolute atomic E-state index is 0.713. The Morgan fingerprint density at radius 2 is 2.00 bits per heavy atom. The van der Waals surface area contributed by atoms with Crippen molar-refractivity contribution < 1.29 is 0 Å². The number of aryl methyl sites for hydroxylation is 1. The van der Waals surface area contributed by atoms with Crippen LogP contribution in [-0.4, -0.2) is 35.0 Å². The second-order valence-electron chi connectivity index (χ2n) is 5.12. The molecule has 0 radical (unpaired) electrons. The first kappa shape index (κ1) is 10.1. The Morgan fingerprint density at radius 3 is 2.50 bits per heavy atom. The molecule has 0 amide bonds. The summed E-state index contributed by atoms with van der Waals surface area (Å²) in [5, 5.41) is 7.72. The molecule has 3 heterocycles. The largest absolute Gasteiger partial charge is 0.363 e. The molecule has 2 atom stereocenters. The van der Waals surface area contributed by atoms with Gasteiger partial charge < -0.3 is 10.2 Å². The van der Waals surface area contributed by atoms with E-state index in [9.17, 15) is 0 Å². The zero-order chi connectivity index (χ0) is 11.1. The van der Waals surface area contributed by atoms with Crippen molar-refractivity contribution >= 4 is 5.69 Å². The third-order valence-corrected chi connectivity index (χ3v) is 4.13. The van der Waals surface area contributed by atoms with Crippen molar-refractivity contribution in [3.8, 4) is 0 Å². The van der Waals surface area contributed by atoms with Crippen LogP contribution in [-0.2, 0) is 7.05 Å². The van der Waals surface area contributed by atoms with Crippen LogP contribution in [0.5, 0.6) is 0 Å². The average Bonchev–Trinajstić information content (AvgIpc) is 2.80. The third kappa shape index (κ3) is 1.52. The van der Waals surface area contributed by atoms with E-state index in [0.717, 1.165) is 12.1 Å².